The molecule has 1 aromatic heterocycles. The highest BCUT2D eigenvalue weighted by Gasteiger charge is 2.11. The van der Waals surface area contributed by atoms with Gasteiger partial charge in [-0.15, -0.1) is 0 Å². The molecule has 17 heavy (non-hydrogen) atoms. The number of nitrogens with two attached hydrogens (primary N) is 1. The Morgan fingerprint density at radius 1 is 1.53 bits per heavy atom. The van der Waals surface area contributed by atoms with Gasteiger partial charge >= 0.3 is 11.9 Å². The highest BCUT2D eigenvalue weighted by atomic mass is 16.7. The predicted molar refractivity (Wildman–Crippen MR) is 57.9 cm³/mol. The molecule has 0 radical (unpaired) electrons. The predicted octanol–water partition coefficient (Wildman–Crippen LogP) is 0.0737. The monoisotopic (exact) mass is 237 g/mol. The van der Waals surface area contributed by atoms with Crippen molar-refractivity contribution in [1.29, 1.82) is 0 Å². The number of hydrogen-bond donors (Lipinski definition) is 1. The lowest BCUT2D eigenvalue weighted by molar-refractivity contribution is -0.135. The standard InChI is InChI=1S/C10H11N3O4/c1-2-16-10(15)8(11)13-17-9(14)7-4-3-5-12-6-7/h3-6H,2H2,1H3,(H2,11,13). The highest BCUT2D eigenvalue weighted by molar-refractivity contribution is 6.34. The van der Waals surface area contributed by atoms with Crippen molar-refractivity contribution in [3.8, 4) is 0 Å². The molecular formula is C10H11N3O4. The summed E-state index contributed by atoms with van der Waals surface area (Å²) in [6.07, 6.45) is 2.81. The summed E-state index contributed by atoms with van der Waals surface area (Å²) in [5, 5.41) is 3.16. The number of rotatable bonds is 3. The molecule has 0 aromatic carbocycles. The minimum atomic E-state index is -0.841. The van der Waals surface area contributed by atoms with Gasteiger partial charge in [0.05, 0.1) is 12.2 Å². The number of hydrogen-bond acceptors (Lipinski definition) is 6. The zero-order valence-corrected chi connectivity index (χ0v) is 9.12. The van der Waals surface area contributed by atoms with E-state index in [-0.39, 0.29) is 12.2 Å². The molecule has 0 amide bonds. The van der Waals surface area contributed by atoms with Crippen LogP contribution in [0.15, 0.2) is 29.7 Å². The summed E-state index contributed by atoms with van der Waals surface area (Å²) in [6, 6.07) is 3.06. The molecule has 1 rings (SSSR count). The largest absolute Gasteiger partial charge is 0.460 e. The Kier molecular flexibility index (Phi) is 4.61. The number of aromatic nitrogens is 1. The third kappa shape index (κ3) is 3.90. The highest BCUT2D eigenvalue weighted by Crippen LogP contribution is 1.98. The molecule has 2 N–H and O–H groups in total. The summed E-state index contributed by atoms with van der Waals surface area (Å²) in [5.74, 6) is -2.12. The Balaban J connectivity index is 2.59. The molecule has 1 heterocycles. The lowest BCUT2D eigenvalue weighted by Gasteiger charge is -2.00. The van der Waals surface area contributed by atoms with E-state index in [0.29, 0.717) is 0 Å². The zero-order chi connectivity index (χ0) is 12.7. The van der Waals surface area contributed by atoms with E-state index >= 15 is 0 Å². The topological polar surface area (TPSA) is 104 Å². The van der Waals surface area contributed by atoms with E-state index in [0.717, 1.165) is 0 Å². The van der Waals surface area contributed by atoms with Crippen LogP contribution in [0.5, 0.6) is 0 Å². The van der Waals surface area contributed by atoms with Gasteiger partial charge in [-0.25, -0.2) is 9.59 Å². The van der Waals surface area contributed by atoms with Crippen LogP contribution < -0.4 is 5.73 Å². The van der Waals surface area contributed by atoms with Crippen LogP contribution in [0.4, 0.5) is 0 Å². The van der Waals surface area contributed by atoms with Crippen molar-refractivity contribution in [2.45, 2.75) is 6.92 Å². The molecule has 0 bridgehead atoms. The van der Waals surface area contributed by atoms with Crippen molar-refractivity contribution in [1.82, 2.24) is 4.98 Å². The van der Waals surface area contributed by atoms with Gasteiger partial charge in [-0.05, 0) is 24.2 Å². The number of esters is 1. The molecule has 0 atom stereocenters. The Bertz CT molecular complexity index is 430. The quantitative estimate of drug-likeness (QED) is 0.262. The van der Waals surface area contributed by atoms with Gasteiger partial charge in [0.1, 0.15) is 0 Å². The minimum Gasteiger partial charge on any atom is -0.460 e. The van der Waals surface area contributed by atoms with Crippen molar-refractivity contribution in [2.24, 2.45) is 10.9 Å². The summed E-state index contributed by atoms with van der Waals surface area (Å²) in [7, 11) is 0. The molecule has 1 aromatic rings. The molecule has 0 aliphatic carbocycles. The SMILES string of the molecule is CCOC(=O)C(N)=NOC(=O)c1cccnc1. The number of amidine groups is 1. The molecule has 0 fully saturated rings. The van der Waals surface area contributed by atoms with Crippen LogP contribution in [-0.2, 0) is 14.4 Å². The molecule has 0 aliphatic heterocycles. The van der Waals surface area contributed by atoms with Crippen LogP contribution in [0.2, 0.25) is 0 Å². The number of carbonyl (C=O) groups excluding carboxylic acids is 2. The first-order chi connectivity index (χ1) is 8.15. The Morgan fingerprint density at radius 3 is 2.88 bits per heavy atom. The van der Waals surface area contributed by atoms with E-state index < -0.39 is 17.8 Å². The van der Waals surface area contributed by atoms with Crippen molar-refractivity contribution >= 4 is 17.8 Å². The molecule has 0 unspecified atom stereocenters. The maximum Gasteiger partial charge on any atom is 0.377 e. The minimum absolute atomic E-state index is 0.158. The van der Waals surface area contributed by atoms with E-state index in [4.69, 9.17) is 5.73 Å². The number of nitrogens with zero attached hydrogens (tertiary/aromatic N) is 2. The van der Waals surface area contributed by atoms with E-state index in [1.54, 1.807) is 13.0 Å². The zero-order valence-electron chi connectivity index (χ0n) is 9.12. The van der Waals surface area contributed by atoms with Gasteiger partial charge < -0.3 is 15.3 Å². The fraction of sp³-hybridized carbons (Fsp3) is 0.200. The lowest BCUT2D eigenvalue weighted by Crippen LogP contribution is -2.26. The van der Waals surface area contributed by atoms with E-state index in [9.17, 15) is 9.59 Å². The van der Waals surface area contributed by atoms with Gasteiger partial charge in [0.25, 0.3) is 0 Å². The first kappa shape index (κ1) is 12.6. The molecule has 0 saturated carbocycles. The molecule has 0 spiro atoms. The summed E-state index contributed by atoms with van der Waals surface area (Å²) in [4.78, 5) is 30.5. The lowest BCUT2D eigenvalue weighted by atomic mass is 10.3. The van der Waals surface area contributed by atoms with Gasteiger partial charge in [0, 0.05) is 12.4 Å². The number of carbonyl (C=O) groups is 2. The third-order valence-corrected chi connectivity index (χ3v) is 1.61. The summed E-state index contributed by atoms with van der Waals surface area (Å²) < 4.78 is 4.54. The fourth-order valence-electron chi connectivity index (χ4n) is 0.869. The van der Waals surface area contributed by atoms with Gasteiger partial charge in [-0.2, -0.15) is 0 Å². The number of oxime groups is 1. The van der Waals surface area contributed by atoms with Crippen molar-refractivity contribution in [3.63, 3.8) is 0 Å². The Labute approximate surface area is 97.2 Å². The number of ether oxygens (including phenoxy) is 1. The summed E-state index contributed by atoms with van der Waals surface area (Å²) in [6.45, 7) is 1.78. The second-order valence-electron chi connectivity index (χ2n) is 2.82. The molecule has 0 aliphatic rings. The first-order valence-corrected chi connectivity index (χ1v) is 4.77. The number of pyridine rings is 1. The van der Waals surface area contributed by atoms with E-state index in [1.807, 2.05) is 0 Å². The normalized spacial score (nSPS) is 10.8. The average molecular weight is 237 g/mol. The van der Waals surface area contributed by atoms with Crippen LogP contribution in [0.1, 0.15) is 17.3 Å². The molecule has 7 nitrogen and oxygen atoms in total. The van der Waals surface area contributed by atoms with Crippen LogP contribution in [0, 0.1) is 0 Å². The Morgan fingerprint density at radius 2 is 2.29 bits per heavy atom. The van der Waals surface area contributed by atoms with Gasteiger partial charge in [-0.1, -0.05) is 0 Å². The first-order valence-electron chi connectivity index (χ1n) is 4.77. The van der Waals surface area contributed by atoms with Crippen molar-refractivity contribution < 1.29 is 19.2 Å². The van der Waals surface area contributed by atoms with Crippen LogP contribution >= 0.6 is 0 Å². The van der Waals surface area contributed by atoms with Gasteiger partial charge in [-0.3, -0.25) is 4.98 Å². The fourth-order valence-corrected chi connectivity index (χ4v) is 0.869. The summed E-state index contributed by atoms with van der Waals surface area (Å²) in [5.41, 5.74) is 5.41. The van der Waals surface area contributed by atoms with E-state index in [2.05, 4.69) is 19.7 Å². The van der Waals surface area contributed by atoms with Gasteiger partial charge in [0.15, 0.2) is 0 Å². The summed E-state index contributed by atoms with van der Waals surface area (Å²) >= 11 is 0. The molecule has 7 heteroatoms. The molecular weight excluding hydrogens is 226 g/mol. The van der Waals surface area contributed by atoms with Crippen molar-refractivity contribution in [3.05, 3.63) is 30.1 Å². The van der Waals surface area contributed by atoms with Crippen LogP contribution in [-0.4, -0.2) is 29.4 Å². The molecule has 90 valence electrons. The van der Waals surface area contributed by atoms with Gasteiger partial charge in [0.2, 0.25) is 5.84 Å². The van der Waals surface area contributed by atoms with Crippen molar-refractivity contribution in [2.75, 3.05) is 6.61 Å². The second-order valence-corrected chi connectivity index (χ2v) is 2.82. The van der Waals surface area contributed by atoms with E-state index in [1.165, 1.54) is 18.5 Å². The molecule has 0 saturated heterocycles. The third-order valence-electron chi connectivity index (χ3n) is 1.61. The Hall–Kier alpha value is -2.44. The maximum absolute atomic E-state index is 11.4. The average Bonchev–Trinajstić information content (AvgIpc) is 2.36. The maximum atomic E-state index is 11.4. The second kappa shape index (κ2) is 6.21. The van der Waals surface area contributed by atoms with Crippen LogP contribution in [0.3, 0.4) is 0 Å². The van der Waals surface area contributed by atoms with Crippen LogP contribution in [0.25, 0.3) is 0 Å². The smallest absolute Gasteiger partial charge is 0.377 e.